The molecule has 0 saturated heterocycles. The summed E-state index contributed by atoms with van der Waals surface area (Å²) in [6.07, 6.45) is 5.48. The van der Waals surface area contributed by atoms with Crippen LogP contribution in [0.2, 0.25) is 0 Å². The standard InChI is InChI=1S/C15H18O/c1-10-7-14(10)15(16)9-11-5-6-12-3-2-4-13(12)8-11/h5-6,8,10,14H,2-4,7,9H2,1H3. The SMILES string of the molecule is CC1CC1C(=O)Cc1ccc2c(c1)CCC2. The second-order valence-corrected chi connectivity index (χ2v) is 5.42. The molecule has 0 N–H and O–H groups in total. The smallest absolute Gasteiger partial charge is 0.140 e. The fraction of sp³-hybridized carbons (Fsp3) is 0.533. The average molecular weight is 214 g/mol. The van der Waals surface area contributed by atoms with Crippen molar-refractivity contribution in [1.82, 2.24) is 0 Å². The number of carbonyl (C=O) groups is 1. The zero-order valence-electron chi connectivity index (χ0n) is 9.83. The molecule has 1 aromatic rings. The highest BCUT2D eigenvalue weighted by atomic mass is 16.1. The molecule has 2 aliphatic rings. The van der Waals surface area contributed by atoms with Gasteiger partial charge in [-0.05, 0) is 48.3 Å². The minimum absolute atomic E-state index is 0.369. The summed E-state index contributed by atoms with van der Waals surface area (Å²) in [5.74, 6) is 1.46. The molecule has 3 rings (SSSR count). The van der Waals surface area contributed by atoms with E-state index in [1.807, 2.05) is 0 Å². The first kappa shape index (κ1) is 10.1. The Morgan fingerprint density at radius 1 is 1.31 bits per heavy atom. The predicted octanol–water partition coefficient (Wildman–Crippen LogP) is 2.94. The van der Waals surface area contributed by atoms with Crippen molar-refractivity contribution in [2.45, 2.75) is 39.0 Å². The lowest BCUT2D eigenvalue weighted by molar-refractivity contribution is -0.119. The van der Waals surface area contributed by atoms with E-state index in [0.29, 0.717) is 24.0 Å². The molecule has 0 aromatic heterocycles. The second kappa shape index (κ2) is 3.73. The van der Waals surface area contributed by atoms with Crippen LogP contribution in [0.15, 0.2) is 18.2 Å². The predicted molar refractivity (Wildman–Crippen MR) is 64.4 cm³/mol. The number of aryl methyl sites for hydroxylation is 2. The quantitative estimate of drug-likeness (QED) is 0.756. The molecule has 1 fully saturated rings. The summed E-state index contributed by atoms with van der Waals surface area (Å²) >= 11 is 0. The van der Waals surface area contributed by atoms with Gasteiger partial charge < -0.3 is 0 Å². The van der Waals surface area contributed by atoms with Crippen LogP contribution >= 0.6 is 0 Å². The maximum absolute atomic E-state index is 11.9. The number of fused-ring (bicyclic) bond motifs is 1. The molecule has 0 radical (unpaired) electrons. The number of hydrogen-bond donors (Lipinski definition) is 0. The lowest BCUT2D eigenvalue weighted by atomic mass is 10.0. The summed E-state index contributed by atoms with van der Waals surface area (Å²) in [6.45, 7) is 2.17. The van der Waals surface area contributed by atoms with Gasteiger partial charge in [-0.3, -0.25) is 4.79 Å². The molecule has 0 spiro atoms. The van der Waals surface area contributed by atoms with Crippen LogP contribution in [0.25, 0.3) is 0 Å². The minimum atomic E-state index is 0.369. The molecule has 2 aliphatic carbocycles. The molecule has 0 heterocycles. The third-order valence-corrected chi connectivity index (χ3v) is 4.06. The number of rotatable bonds is 3. The molecule has 2 atom stereocenters. The molecule has 84 valence electrons. The molecule has 0 amide bonds. The Morgan fingerprint density at radius 2 is 2.06 bits per heavy atom. The van der Waals surface area contributed by atoms with Gasteiger partial charge in [0.25, 0.3) is 0 Å². The fourth-order valence-electron chi connectivity index (χ4n) is 2.84. The Balaban J connectivity index is 1.73. The number of carbonyl (C=O) groups excluding carboxylic acids is 1. The summed E-state index contributed by atoms with van der Waals surface area (Å²) in [6, 6.07) is 6.63. The van der Waals surface area contributed by atoms with Crippen molar-refractivity contribution < 1.29 is 4.79 Å². The Kier molecular flexibility index (Phi) is 2.34. The highest BCUT2D eigenvalue weighted by molar-refractivity contribution is 5.85. The summed E-state index contributed by atoms with van der Waals surface area (Å²) < 4.78 is 0. The molecule has 1 aromatic carbocycles. The first-order valence-corrected chi connectivity index (χ1v) is 6.37. The van der Waals surface area contributed by atoms with Crippen LogP contribution in [-0.2, 0) is 24.1 Å². The van der Waals surface area contributed by atoms with Crippen LogP contribution < -0.4 is 0 Å². The summed E-state index contributed by atoms with van der Waals surface area (Å²) in [5, 5.41) is 0. The van der Waals surface area contributed by atoms with E-state index in [1.165, 1.54) is 36.0 Å². The number of ketones is 1. The first-order valence-electron chi connectivity index (χ1n) is 6.37. The van der Waals surface area contributed by atoms with E-state index in [4.69, 9.17) is 0 Å². The van der Waals surface area contributed by atoms with Gasteiger partial charge in [-0.2, -0.15) is 0 Å². The maximum Gasteiger partial charge on any atom is 0.140 e. The topological polar surface area (TPSA) is 17.1 Å². The van der Waals surface area contributed by atoms with Crippen LogP contribution in [0, 0.1) is 11.8 Å². The molecule has 1 nitrogen and oxygen atoms in total. The van der Waals surface area contributed by atoms with Crippen LogP contribution in [0.1, 0.15) is 36.5 Å². The van der Waals surface area contributed by atoms with E-state index in [2.05, 4.69) is 25.1 Å². The lowest BCUT2D eigenvalue weighted by Gasteiger charge is -2.04. The molecule has 1 heteroatoms. The van der Waals surface area contributed by atoms with Crippen molar-refractivity contribution in [3.63, 3.8) is 0 Å². The van der Waals surface area contributed by atoms with E-state index < -0.39 is 0 Å². The van der Waals surface area contributed by atoms with Gasteiger partial charge in [0.1, 0.15) is 5.78 Å². The zero-order chi connectivity index (χ0) is 11.1. The molecule has 2 unspecified atom stereocenters. The largest absolute Gasteiger partial charge is 0.299 e. The maximum atomic E-state index is 11.9. The van der Waals surface area contributed by atoms with E-state index >= 15 is 0 Å². The van der Waals surface area contributed by atoms with Crippen molar-refractivity contribution in [3.8, 4) is 0 Å². The number of benzene rings is 1. The third-order valence-electron chi connectivity index (χ3n) is 4.06. The van der Waals surface area contributed by atoms with Gasteiger partial charge in [0.2, 0.25) is 0 Å². The Morgan fingerprint density at radius 3 is 2.81 bits per heavy atom. The van der Waals surface area contributed by atoms with Crippen LogP contribution in [0.5, 0.6) is 0 Å². The first-order chi connectivity index (χ1) is 7.74. The van der Waals surface area contributed by atoms with Crippen molar-refractivity contribution in [2.24, 2.45) is 11.8 Å². The van der Waals surface area contributed by atoms with Gasteiger partial charge in [0.15, 0.2) is 0 Å². The molecule has 16 heavy (non-hydrogen) atoms. The highest BCUT2D eigenvalue weighted by Crippen LogP contribution is 2.39. The van der Waals surface area contributed by atoms with E-state index in [1.54, 1.807) is 0 Å². The number of Topliss-reactive ketones (excluding diaryl/α,β-unsaturated/α-hetero) is 1. The summed E-state index contributed by atoms with van der Waals surface area (Å²) in [4.78, 5) is 11.9. The Bertz CT molecular complexity index is 433. The third kappa shape index (κ3) is 1.79. The minimum Gasteiger partial charge on any atom is -0.299 e. The van der Waals surface area contributed by atoms with Gasteiger partial charge in [-0.25, -0.2) is 0 Å². The summed E-state index contributed by atoms with van der Waals surface area (Å²) in [5.41, 5.74) is 4.20. The van der Waals surface area contributed by atoms with E-state index in [0.717, 1.165) is 6.42 Å². The van der Waals surface area contributed by atoms with Gasteiger partial charge in [-0.15, -0.1) is 0 Å². The van der Waals surface area contributed by atoms with Crippen LogP contribution in [0.4, 0.5) is 0 Å². The molecular weight excluding hydrogens is 196 g/mol. The van der Waals surface area contributed by atoms with Gasteiger partial charge in [-0.1, -0.05) is 25.1 Å². The Hall–Kier alpha value is -1.11. The van der Waals surface area contributed by atoms with Crippen molar-refractivity contribution in [2.75, 3.05) is 0 Å². The van der Waals surface area contributed by atoms with Crippen LogP contribution in [0.3, 0.4) is 0 Å². The highest BCUT2D eigenvalue weighted by Gasteiger charge is 2.38. The van der Waals surface area contributed by atoms with E-state index in [-0.39, 0.29) is 0 Å². The van der Waals surface area contributed by atoms with Crippen molar-refractivity contribution in [3.05, 3.63) is 34.9 Å². The van der Waals surface area contributed by atoms with Crippen molar-refractivity contribution in [1.29, 1.82) is 0 Å². The monoisotopic (exact) mass is 214 g/mol. The van der Waals surface area contributed by atoms with Crippen LogP contribution in [-0.4, -0.2) is 5.78 Å². The Labute approximate surface area is 96.9 Å². The molecular formula is C15H18O. The van der Waals surface area contributed by atoms with Gasteiger partial charge >= 0.3 is 0 Å². The summed E-state index contributed by atoms with van der Waals surface area (Å²) in [7, 11) is 0. The van der Waals surface area contributed by atoms with Crippen molar-refractivity contribution >= 4 is 5.78 Å². The average Bonchev–Trinajstić information content (AvgIpc) is 2.83. The van der Waals surface area contributed by atoms with Gasteiger partial charge in [0.05, 0.1) is 0 Å². The lowest BCUT2D eigenvalue weighted by Crippen LogP contribution is -2.06. The number of hydrogen-bond acceptors (Lipinski definition) is 1. The molecule has 0 bridgehead atoms. The second-order valence-electron chi connectivity index (χ2n) is 5.42. The normalized spacial score (nSPS) is 26.6. The van der Waals surface area contributed by atoms with E-state index in [9.17, 15) is 4.79 Å². The fourth-order valence-corrected chi connectivity index (χ4v) is 2.84. The van der Waals surface area contributed by atoms with Gasteiger partial charge in [0, 0.05) is 12.3 Å². The zero-order valence-corrected chi connectivity index (χ0v) is 9.83. The molecule has 0 aliphatic heterocycles. The molecule has 1 saturated carbocycles.